The second-order valence-electron chi connectivity index (χ2n) is 27.2. The van der Waals surface area contributed by atoms with Crippen molar-refractivity contribution in [2.24, 2.45) is 0 Å². The Balaban J connectivity index is 0.000000201. The number of fused-ring (bicyclic) bond motifs is 6. The third kappa shape index (κ3) is 23.9. The maximum absolute atomic E-state index is 3.53. The van der Waals surface area contributed by atoms with Crippen molar-refractivity contribution in [3.63, 3.8) is 0 Å². The van der Waals surface area contributed by atoms with E-state index in [2.05, 4.69) is 302 Å². The van der Waals surface area contributed by atoms with E-state index in [1.807, 2.05) is 24.3 Å². The Morgan fingerprint density at radius 1 is 0.375 bits per heavy atom. The van der Waals surface area contributed by atoms with Crippen molar-refractivity contribution in [3.8, 4) is 22.3 Å². The van der Waals surface area contributed by atoms with Gasteiger partial charge in [0, 0.05) is 0 Å². The topological polar surface area (TPSA) is 0 Å². The van der Waals surface area contributed by atoms with Crippen molar-refractivity contribution in [1.29, 1.82) is 0 Å². The van der Waals surface area contributed by atoms with Crippen LogP contribution >= 0.6 is 0 Å². The molecule has 0 atom stereocenters. The first kappa shape index (κ1) is 73.5. The van der Waals surface area contributed by atoms with Crippen LogP contribution in [0.5, 0.6) is 0 Å². The van der Waals surface area contributed by atoms with Gasteiger partial charge in [-0.1, -0.05) is 153 Å². The van der Waals surface area contributed by atoms with Crippen LogP contribution in [-0.2, 0) is 109 Å². The number of aryl methyl sites for hydroxylation is 2. The van der Waals surface area contributed by atoms with Crippen LogP contribution in [0.1, 0.15) is 176 Å². The quantitative estimate of drug-likeness (QED) is 0.120. The third-order valence-corrected chi connectivity index (χ3v) is 18.0. The van der Waals surface area contributed by atoms with Crippen molar-refractivity contribution in [3.05, 3.63) is 309 Å². The SMILES string of the molecule is CC(C)(C)c1c[c-]c2c(c1)-c1cc(C(C)(C)C)ccc1C2.CC(C)(C)c1c[c-]c2c(c1)-c1cc(C(C)(C)C)ccc1C2.[C-]1=CC=CC1.[C-]1=CC=CC1.[Cl-].[Cl-].[Zr+2]=[C](CCc1ccccc1)Cc1ccccc1.[Zr+2]=[C](CCc1ccccc1)Cc1ccccc1. The molecule has 0 saturated carbocycles. The zero-order chi connectivity index (χ0) is 61.7. The number of hydrogen-bond donors (Lipinski definition) is 0. The maximum atomic E-state index is 3.53. The first-order valence-corrected chi connectivity index (χ1v) is 33.6. The fraction of sp³-hybridized carbons (Fsp3) is 0.310. The van der Waals surface area contributed by atoms with E-state index in [-0.39, 0.29) is 46.5 Å². The van der Waals surface area contributed by atoms with Gasteiger partial charge in [0.25, 0.3) is 0 Å². The molecule has 0 amide bonds. The molecule has 0 aromatic heterocycles. The molecule has 0 heterocycles. The minimum atomic E-state index is 0. The Morgan fingerprint density at radius 2 is 0.682 bits per heavy atom. The third-order valence-electron chi connectivity index (χ3n) is 15.9. The molecule has 88 heavy (non-hydrogen) atoms. The Bertz CT molecular complexity index is 3190. The number of rotatable bonds is 10. The van der Waals surface area contributed by atoms with Crippen LogP contribution in [0.3, 0.4) is 0 Å². The van der Waals surface area contributed by atoms with Gasteiger partial charge < -0.3 is 24.8 Å². The molecule has 12 rings (SSSR count). The van der Waals surface area contributed by atoms with Gasteiger partial charge in [-0.2, -0.15) is 70.8 Å². The Kier molecular flexibility index (Phi) is 29.6. The molecule has 8 aromatic carbocycles. The van der Waals surface area contributed by atoms with Crippen LogP contribution in [0.25, 0.3) is 22.3 Å². The van der Waals surface area contributed by atoms with Gasteiger partial charge in [0.1, 0.15) is 0 Å². The van der Waals surface area contributed by atoms with Gasteiger partial charge in [-0.15, -0.1) is 24.0 Å². The Labute approximate surface area is 575 Å². The van der Waals surface area contributed by atoms with E-state index in [0.29, 0.717) is 0 Å². The van der Waals surface area contributed by atoms with E-state index >= 15 is 0 Å². The van der Waals surface area contributed by atoms with Crippen LogP contribution in [0.2, 0.25) is 0 Å². The summed E-state index contributed by atoms with van der Waals surface area (Å²) in [7, 11) is 0. The van der Waals surface area contributed by atoms with Crippen molar-refractivity contribution in [1.82, 2.24) is 0 Å². The molecule has 0 nitrogen and oxygen atoms in total. The van der Waals surface area contributed by atoms with Gasteiger partial charge in [0.2, 0.25) is 0 Å². The van der Waals surface area contributed by atoms with Crippen LogP contribution in [-0.4, -0.2) is 6.41 Å². The Hall–Kier alpha value is -5.19. The fourth-order valence-electron chi connectivity index (χ4n) is 10.4. The average molecular weight is 1360 g/mol. The van der Waals surface area contributed by atoms with Crippen LogP contribution in [0, 0.1) is 24.3 Å². The number of halogens is 2. The zero-order valence-electron chi connectivity index (χ0n) is 54.6. The molecule has 0 aliphatic heterocycles. The molecule has 0 radical (unpaired) electrons. The van der Waals surface area contributed by atoms with E-state index in [1.165, 1.54) is 115 Å². The van der Waals surface area contributed by atoms with E-state index in [1.54, 1.807) is 54.9 Å². The van der Waals surface area contributed by atoms with Gasteiger partial charge in [0.05, 0.1) is 0 Å². The first-order valence-electron chi connectivity index (χ1n) is 31.1. The van der Waals surface area contributed by atoms with Crippen molar-refractivity contribution in [2.75, 3.05) is 0 Å². The van der Waals surface area contributed by atoms with Crippen LogP contribution < -0.4 is 24.8 Å². The molecule has 4 heteroatoms. The van der Waals surface area contributed by atoms with Gasteiger partial charge in [0.15, 0.2) is 0 Å². The van der Waals surface area contributed by atoms with Crippen LogP contribution in [0.15, 0.2) is 218 Å². The number of allylic oxidation sites excluding steroid dienone is 8. The average Bonchev–Trinajstić information content (AvgIpc) is 2.64. The zero-order valence-corrected chi connectivity index (χ0v) is 61.0. The Morgan fingerprint density at radius 3 is 0.955 bits per heavy atom. The summed E-state index contributed by atoms with van der Waals surface area (Å²) in [5.41, 5.74) is 23.3. The van der Waals surface area contributed by atoms with Gasteiger partial charge in [-0.25, -0.2) is 24.3 Å². The molecule has 0 bridgehead atoms. The standard InChI is InChI=1S/2C21H25.2C16H16.2C5H5.2ClH.2Zr/c2*1-20(2,3)16-9-7-14-11-15-8-10-17(21(4,5)6)13-19(15)18(14)12-16;2*1-3-9-15(10-4-1)13-7-8-14-16-11-5-2-6-12-16;2*1-2-4-5-3-1;;;;/h2*7,9-10,12-13H,11H2,1-6H3;2*1-6,9-12H,7,13-14H2;2*1-3H,4H2;2*1H;;/q2*-1;;;2*-1;;;2*+2/p-2. The summed E-state index contributed by atoms with van der Waals surface area (Å²) >= 11 is 3.15. The van der Waals surface area contributed by atoms with E-state index < -0.39 is 0 Å². The second kappa shape index (κ2) is 35.4. The summed E-state index contributed by atoms with van der Waals surface area (Å²) in [4.78, 5) is 0. The molecule has 0 N–H and O–H groups in total. The van der Waals surface area contributed by atoms with Crippen molar-refractivity contribution < 1.29 is 73.3 Å². The minimum absolute atomic E-state index is 0. The predicted octanol–water partition coefficient (Wildman–Crippen LogP) is 15.1. The van der Waals surface area contributed by atoms with Crippen molar-refractivity contribution in [2.45, 2.75) is 169 Å². The molecule has 0 spiro atoms. The molecule has 0 fully saturated rings. The summed E-state index contributed by atoms with van der Waals surface area (Å²) < 4.78 is 3.29. The van der Waals surface area contributed by atoms with Gasteiger partial charge in [-0.05, 0) is 34.8 Å². The molecule has 0 unspecified atom stereocenters. The summed E-state index contributed by atoms with van der Waals surface area (Å²) in [5, 5.41) is 0. The first-order chi connectivity index (χ1) is 41.0. The van der Waals surface area contributed by atoms with E-state index in [9.17, 15) is 0 Å². The molecule has 452 valence electrons. The van der Waals surface area contributed by atoms with Gasteiger partial charge in [-0.3, -0.25) is 12.2 Å². The number of benzene rings is 8. The monoisotopic (exact) mass is 1350 g/mol. The summed E-state index contributed by atoms with van der Waals surface area (Å²) in [6.07, 6.45) is 29.1. The molecule has 4 aliphatic rings. The summed E-state index contributed by atoms with van der Waals surface area (Å²) in [6, 6.07) is 73.1. The predicted molar refractivity (Wildman–Crippen MR) is 365 cm³/mol. The van der Waals surface area contributed by atoms with Crippen molar-refractivity contribution >= 4 is 6.41 Å². The van der Waals surface area contributed by atoms with E-state index in [4.69, 9.17) is 0 Å². The second-order valence-corrected chi connectivity index (χ2v) is 30.6. The summed E-state index contributed by atoms with van der Waals surface area (Å²) in [5.74, 6) is 0. The molecular formula is C84H92Cl2Zr2-2. The summed E-state index contributed by atoms with van der Waals surface area (Å²) in [6.45, 7) is 27.3. The molecule has 4 aliphatic carbocycles. The normalized spacial score (nSPS) is 12.6. The van der Waals surface area contributed by atoms with Crippen LogP contribution in [0.4, 0.5) is 0 Å². The number of hydrogen-bond acceptors (Lipinski definition) is 0. The molecular weight excluding hydrogens is 1260 g/mol. The van der Waals surface area contributed by atoms with E-state index in [0.717, 1.165) is 38.5 Å². The van der Waals surface area contributed by atoms with Gasteiger partial charge >= 0.3 is 237 Å². The fourth-order valence-corrected chi connectivity index (χ4v) is 12.0. The molecule has 0 saturated heterocycles. The molecule has 8 aromatic rings.